The van der Waals surface area contributed by atoms with Crippen LogP contribution in [0.1, 0.15) is 6.42 Å². The number of hydrogen-bond acceptors (Lipinski definition) is 4. The molecule has 1 heterocycles. The van der Waals surface area contributed by atoms with Crippen LogP contribution in [0.3, 0.4) is 0 Å². The summed E-state index contributed by atoms with van der Waals surface area (Å²) in [6.07, 6.45) is 5.85. The van der Waals surface area contributed by atoms with Crippen LogP contribution in [-0.4, -0.2) is 44.0 Å². The van der Waals surface area contributed by atoms with E-state index in [0.717, 1.165) is 24.5 Å². The van der Waals surface area contributed by atoms with Gasteiger partial charge in [-0.3, -0.25) is 0 Å². The number of rotatable bonds is 5. The maximum absolute atomic E-state index is 11.1. The molecule has 1 saturated heterocycles. The molecular weight excluding hydrogens is 218 g/mol. The fourth-order valence-corrected chi connectivity index (χ4v) is 3.65. The van der Waals surface area contributed by atoms with Gasteiger partial charge in [-0.1, -0.05) is 5.92 Å². The fraction of sp³-hybridized carbons (Fsp3) is 0.778. The van der Waals surface area contributed by atoms with Gasteiger partial charge >= 0.3 is 0 Å². The Morgan fingerprint density at radius 3 is 2.93 bits per heavy atom. The normalized spacial score (nSPS) is 24.6. The molecule has 1 fully saturated rings. The van der Waals surface area contributed by atoms with Crippen molar-refractivity contribution < 1.29 is 8.42 Å². The van der Waals surface area contributed by atoms with Crippen molar-refractivity contribution in [2.45, 2.75) is 12.5 Å². The molecule has 0 spiro atoms. The van der Waals surface area contributed by atoms with Crippen molar-refractivity contribution in [3.8, 4) is 12.3 Å². The summed E-state index contributed by atoms with van der Waals surface area (Å²) in [6, 6.07) is 0.159. The highest BCUT2D eigenvalue weighted by Crippen LogP contribution is 2.11. The molecule has 0 amide bonds. The second-order valence-corrected chi connectivity index (χ2v) is 6.64. The Kier molecular flexibility index (Phi) is 4.79. The molecule has 1 rings (SSSR count). The molecule has 1 N–H and O–H groups in total. The molecule has 0 saturated carbocycles. The Balaban J connectivity index is 2.07. The monoisotopic (exact) mass is 233 g/mol. The minimum absolute atomic E-state index is 0.159. The number of thioether (sulfide) groups is 1. The second kappa shape index (κ2) is 5.64. The minimum Gasteiger partial charge on any atom is -0.312 e. The van der Waals surface area contributed by atoms with Crippen LogP contribution in [0.15, 0.2) is 0 Å². The summed E-state index contributed by atoms with van der Waals surface area (Å²) in [6.45, 7) is 0.840. The van der Waals surface area contributed by atoms with Crippen molar-refractivity contribution in [3.05, 3.63) is 0 Å². The van der Waals surface area contributed by atoms with Gasteiger partial charge in [-0.15, -0.1) is 18.2 Å². The topological polar surface area (TPSA) is 46.2 Å². The Labute approximate surface area is 90.0 Å². The van der Waals surface area contributed by atoms with Crippen molar-refractivity contribution in [3.63, 3.8) is 0 Å². The van der Waals surface area contributed by atoms with Crippen molar-refractivity contribution in [2.75, 3.05) is 29.6 Å². The SMILES string of the molecule is C#CCSCCNC1CCS(=O)(=O)C1. The molecule has 3 nitrogen and oxygen atoms in total. The molecule has 0 aromatic carbocycles. The van der Waals surface area contributed by atoms with Gasteiger partial charge in [-0.25, -0.2) is 8.42 Å². The van der Waals surface area contributed by atoms with E-state index in [-0.39, 0.29) is 6.04 Å². The van der Waals surface area contributed by atoms with Crippen molar-refractivity contribution in [1.82, 2.24) is 5.32 Å². The molecular formula is C9H15NO2S2. The van der Waals surface area contributed by atoms with Crippen LogP contribution in [0.4, 0.5) is 0 Å². The van der Waals surface area contributed by atoms with E-state index in [9.17, 15) is 8.42 Å². The zero-order valence-corrected chi connectivity index (χ0v) is 9.66. The molecule has 1 aliphatic heterocycles. The third-order valence-electron chi connectivity index (χ3n) is 2.10. The molecule has 0 aromatic rings. The van der Waals surface area contributed by atoms with E-state index in [0.29, 0.717) is 11.5 Å². The molecule has 14 heavy (non-hydrogen) atoms. The summed E-state index contributed by atoms with van der Waals surface area (Å²) in [5.74, 6) is 4.85. The van der Waals surface area contributed by atoms with E-state index in [1.807, 2.05) is 0 Å². The number of terminal acetylenes is 1. The van der Waals surface area contributed by atoms with Gasteiger partial charge in [0.25, 0.3) is 0 Å². The highest BCUT2D eigenvalue weighted by molar-refractivity contribution is 7.99. The Morgan fingerprint density at radius 2 is 2.36 bits per heavy atom. The summed E-state index contributed by atoms with van der Waals surface area (Å²) in [4.78, 5) is 0. The molecule has 80 valence electrons. The highest BCUT2D eigenvalue weighted by atomic mass is 32.2. The largest absolute Gasteiger partial charge is 0.312 e. The molecule has 1 atom stereocenters. The van der Waals surface area contributed by atoms with Gasteiger partial charge in [0.05, 0.1) is 17.3 Å². The Morgan fingerprint density at radius 1 is 1.57 bits per heavy atom. The third-order valence-corrected chi connectivity index (χ3v) is 4.73. The van der Waals surface area contributed by atoms with Crippen LogP contribution in [0.5, 0.6) is 0 Å². The fourth-order valence-electron chi connectivity index (χ4n) is 1.42. The number of sulfone groups is 1. The first-order chi connectivity index (χ1) is 6.64. The second-order valence-electron chi connectivity index (χ2n) is 3.31. The summed E-state index contributed by atoms with van der Waals surface area (Å²) in [7, 11) is -2.74. The zero-order valence-electron chi connectivity index (χ0n) is 8.03. The van der Waals surface area contributed by atoms with E-state index in [1.165, 1.54) is 0 Å². The van der Waals surface area contributed by atoms with Gasteiger partial charge in [0.2, 0.25) is 0 Å². The van der Waals surface area contributed by atoms with E-state index in [1.54, 1.807) is 11.8 Å². The molecule has 5 heteroatoms. The number of hydrogen-bond donors (Lipinski definition) is 1. The lowest BCUT2D eigenvalue weighted by molar-refractivity contribution is 0.575. The lowest BCUT2D eigenvalue weighted by atomic mass is 10.3. The van der Waals surface area contributed by atoms with E-state index in [2.05, 4.69) is 11.2 Å². The van der Waals surface area contributed by atoms with Crippen molar-refractivity contribution in [1.29, 1.82) is 0 Å². The Bertz CT molecular complexity index is 305. The average Bonchev–Trinajstić information content (AvgIpc) is 2.45. The van der Waals surface area contributed by atoms with Gasteiger partial charge in [-0.2, -0.15) is 0 Å². The predicted octanol–water partition coefficient (Wildman–Crippen LogP) is 0.130. The minimum atomic E-state index is -2.74. The predicted molar refractivity (Wildman–Crippen MR) is 61.2 cm³/mol. The van der Waals surface area contributed by atoms with E-state index in [4.69, 9.17) is 6.42 Å². The molecule has 1 unspecified atom stereocenters. The van der Waals surface area contributed by atoms with Gasteiger partial charge in [0, 0.05) is 18.3 Å². The molecule has 0 aromatic heterocycles. The Hall–Kier alpha value is -0.180. The summed E-state index contributed by atoms with van der Waals surface area (Å²) >= 11 is 1.69. The molecule has 0 bridgehead atoms. The van der Waals surface area contributed by atoms with Crippen LogP contribution in [0, 0.1) is 12.3 Å². The standard InChI is InChI=1S/C9H15NO2S2/c1-2-5-13-6-4-10-9-3-7-14(11,12)8-9/h1,9-10H,3-8H2. The van der Waals surface area contributed by atoms with Gasteiger partial charge in [0.1, 0.15) is 0 Å². The quantitative estimate of drug-likeness (QED) is 0.541. The van der Waals surface area contributed by atoms with Crippen molar-refractivity contribution >= 4 is 21.6 Å². The zero-order chi connectivity index (χ0) is 10.4. The van der Waals surface area contributed by atoms with Crippen LogP contribution >= 0.6 is 11.8 Å². The molecule has 0 radical (unpaired) electrons. The van der Waals surface area contributed by atoms with Gasteiger partial charge in [0.15, 0.2) is 9.84 Å². The first-order valence-corrected chi connectivity index (χ1v) is 7.57. The van der Waals surface area contributed by atoms with Gasteiger partial charge in [-0.05, 0) is 6.42 Å². The van der Waals surface area contributed by atoms with Crippen LogP contribution in [0.2, 0.25) is 0 Å². The maximum atomic E-state index is 11.1. The summed E-state index contributed by atoms with van der Waals surface area (Å²) < 4.78 is 22.2. The lowest BCUT2D eigenvalue weighted by Crippen LogP contribution is -2.31. The van der Waals surface area contributed by atoms with Crippen molar-refractivity contribution in [2.24, 2.45) is 0 Å². The first-order valence-electron chi connectivity index (χ1n) is 4.59. The molecule has 1 aliphatic rings. The van der Waals surface area contributed by atoms with Crippen LogP contribution in [-0.2, 0) is 9.84 Å². The number of nitrogens with one attached hydrogen (secondary N) is 1. The van der Waals surface area contributed by atoms with E-state index < -0.39 is 9.84 Å². The first kappa shape index (κ1) is 11.9. The maximum Gasteiger partial charge on any atom is 0.151 e. The average molecular weight is 233 g/mol. The third kappa shape index (κ3) is 4.36. The van der Waals surface area contributed by atoms with Crippen LogP contribution in [0.25, 0.3) is 0 Å². The van der Waals surface area contributed by atoms with E-state index >= 15 is 0 Å². The highest BCUT2D eigenvalue weighted by Gasteiger charge is 2.26. The summed E-state index contributed by atoms with van der Waals surface area (Å²) in [5.41, 5.74) is 0. The van der Waals surface area contributed by atoms with Crippen LogP contribution < -0.4 is 5.32 Å². The molecule has 0 aliphatic carbocycles. The summed E-state index contributed by atoms with van der Waals surface area (Å²) in [5, 5.41) is 3.23. The smallest absolute Gasteiger partial charge is 0.151 e. The van der Waals surface area contributed by atoms with Gasteiger partial charge < -0.3 is 5.32 Å². The lowest BCUT2D eigenvalue weighted by Gasteiger charge is -2.09.